The van der Waals surface area contributed by atoms with Crippen molar-refractivity contribution in [1.29, 1.82) is 0 Å². The maximum atomic E-state index is 12.4. The first kappa shape index (κ1) is 19.0. The number of piperidine rings is 1. The Balaban J connectivity index is 1.61. The summed E-state index contributed by atoms with van der Waals surface area (Å²) in [6.07, 6.45) is 1.41. The van der Waals surface area contributed by atoms with Crippen LogP contribution >= 0.6 is 0 Å². The molecule has 0 aromatic heterocycles. The van der Waals surface area contributed by atoms with E-state index in [1.54, 1.807) is 0 Å². The number of aliphatic hydroxyl groups excluding tert-OH is 1. The predicted octanol–water partition coefficient (Wildman–Crippen LogP) is 2.26. The van der Waals surface area contributed by atoms with Gasteiger partial charge in [-0.3, -0.25) is 4.90 Å². The van der Waals surface area contributed by atoms with E-state index in [0.29, 0.717) is 6.54 Å². The molecule has 3 rings (SSSR count). The van der Waals surface area contributed by atoms with Crippen LogP contribution in [0.4, 0.5) is 0 Å². The van der Waals surface area contributed by atoms with E-state index in [1.807, 2.05) is 54.6 Å². The molecule has 0 atom stereocenters. The summed E-state index contributed by atoms with van der Waals surface area (Å²) >= 11 is 0. The third kappa shape index (κ3) is 5.64. The standard InChI is InChI=1S/C20H26N2O3S/c23-20-10-12-22(13-11-20)15-19-9-5-4-8-18(19)14-21-26(24,25)16-17-6-2-1-3-7-17/h1-9,20-21,23H,10-16H2. The van der Waals surface area contributed by atoms with E-state index in [1.165, 1.54) is 0 Å². The van der Waals surface area contributed by atoms with Crippen molar-refractivity contribution in [2.75, 3.05) is 13.1 Å². The molecule has 2 aromatic carbocycles. The highest BCUT2D eigenvalue weighted by Gasteiger charge is 2.18. The van der Waals surface area contributed by atoms with Crippen LogP contribution in [0, 0.1) is 0 Å². The van der Waals surface area contributed by atoms with E-state index in [-0.39, 0.29) is 11.9 Å². The lowest BCUT2D eigenvalue weighted by Crippen LogP contribution is -2.35. The monoisotopic (exact) mass is 374 g/mol. The molecule has 2 aromatic rings. The number of benzene rings is 2. The van der Waals surface area contributed by atoms with Crippen molar-refractivity contribution in [2.24, 2.45) is 0 Å². The van der Waals surface area contributed by atoms with Crippen molar-refractivity contribution in [1.82, 2.24) is 9.62 Å². The Morgan fingerprint density at radius 2 is 1.58 bits per heavy atom. The highest BCUT2D eigenvalue weighted by molar-refractivity contribution is 7.88. The van der Waals surface area contributed by atoms with Gasteiger partial charge in [0.2, 0.25) is 10.0 Å². The normalized spacial score (nSPS) is 16.7. The zero-order valence-electron chi connectivity index (χ0n) is 14.8. The van der Waals surface area contributed by atoms with Crippen LogP contribution in [-0.2, 0) is 28.9 Å². The number of nitrogens with one attached hydrogen (secondary N) is 1. The van der Waals surface area contributed by atoms with Crippen LogP contribution in [0.15, 0.2) is 54.6 Å². The van der Waals surface area contributed by atoms with Gasteiger partial charge < -0.3 is 5.11 Å². The summed E-state index contributed by atoms with van der Waals surface area (Å²) in [5.74, 6) is -0.0139. The molecule has 26 heavy (non-hydrogen) atoms. The summed E-state index contributed by atoms with van der Waals surface area (Å²) in [6.45, 7) is 2.82. The quantitative estimate of drug-likeness (QED) is 0.780. The first-order valence-corrected chi connectivity index (χ1v) is 10.7. The Hall–Kier alpha value is -1.73. The molecule has 1 fully saturated rings. The fourth-order valence-electron chi connectivity index (χ4n) is 3.23. The van der Waals surface area contributed by atoms with E-state index in [0.717, 1.165) is 49.2 Å². The molecule has 1 aliphatic heterocycles. The molecular formula is C20H26N2O3S. The molecule has 0 amide bonds. The number of hydrogen-bond donors (Lipinski definition) is 2. The van der Waals surface area contributed by atoms with Crippen LogP contribution in [-0.4, -0.2) is 37.6 Å². The minimum atomic E-state index is -3.39. The molecule has 0 radical (unpaired) electrons. The molecule has 0 unspecified atom stereocenters. The maximum Gasteiger partial charge on any atom is 0.216 e. The van der Waals surface area contributed by atoms with E-state index in [4.69, 9.17) is 0 Å². The Labute approximate surface area is 155 Å². The predicted molar refractivity (Wildman–Crippen MR) is 103 cm³/mol. The van der Waals surface area contributed by atoms with Gasteiger partial charge in [0.25, 0.3) is 0 Å². The Bertz CT molecular complexity index is 801. The largest absolute Gasteiger partial charge is 0.393 e. The van der Waals surface area contributed by atoms with Crippen molar-refractivity contribution in [3.8, 4) is 0 Å². The zero-order valence-corrected chi connectivity index (χ0v) is 15.7. The Kier molecular flexibility index (Phi) is 6.43. The van der Waals surface area contributed by atoms with Gasteiger partial charge in [-0.05, 0) is 29.5 Å². The van der Waals surface area contributed by atoms with Crippen LogP contribution in [0.25, 0.3) is 0 Å². The topological polar surface area (TPSA) is 69.6 Å². The average Bonchev–Trinajstić information content (AvgIpc) is 2.63. The van der Waals surface area contributed by atoms with E-state index in [2.05, 4.69) is 9.62 Å². The fraction of sp³-hybridized carbons (Fsp3) is 0.400. The van der Waals surface area contributed by atoms with Gasteiger partial charge in [-0.15, -0.1) is 0 Å². The molecule has 0 saturated carbocycles. The van der Waals surface area contributed by atoms with Crippen molar-refractivity contribution in [3.05, 3.63) is 71.3 Å². The summed E-state index contributed by atoms with van der Waals surface area (Å²) in [7, 11) is -3.39. The number of sulfonamides is 1. The fourth-order valence-corrected chi connectivity index (χ4v) is 4.34. The van der Waals surface area contributed by atoms with Crippen LogP contribution < -0.4 is 4.72 Å². The van der Waals surface area contributed by atoms with Gasteiger partial charge in [0.05, 0.1) is 11.9 Å². The molecule has 5 nitrogen and oxygen atoms in total. The number of hydrogen-bond acceptors (Lipinski definition) is 4. The number of aliphatic hydroxyl groups is 1. The molecule has 1 saturated heterocycles. The Morgan fingerprint density at radius 3 is 2.27 bits per heavy atom. The molecule has 6 heteroatoms. The molecule has 2 N–H and O–H groups in total. The van der Waals surface area contributed by atoms with Gasteiger partial charge in [-0.2, -0.15) is 0 Å². The van der Waals surface area contributed by atoms with Crippen molar-refractivity contribution in [3.63, 3.8) is 0 Å². The second-order valence-corrected chi connectivity index (χ2v) is 8.65. The lowest BCUT2D eigenvalue weighted by atomic mass is 10.0. The summed E-state index contributed by atoms with van der Waals surface area (Å²) in [5, 5.41) is 9.64. The molecule has 0 aliphatic carbocycles. The van der Waals surface area contributed by atoms with Gasteiger partial charge in [0.15, 0.2) is 0 Å². The van der Waals surface area contributed by atoms with Gasteiger partial charge in [-0.1, -0.05) is 54.6 Å². The highest BCUT2D eigenvalue weighted by Crippen LogP contribution is 2.17. The van der Waals surface area contributed by atoms with Crippen LogP contribution in [0.5, 0.6) is 0 Å². The third-order valence-electron chi connectivity index (χ3n) is 4.75. The number of likely N-dealkylation sites (tertiary alicyclic amines) is 1. The zero-order chi connectivity index (χ0) is 18.4. The smallest absolute Gasteiger partial charge is 0.216 e. The third-order valence-corrected chi connectivity index (χ3v) is 6.05. The summed E-state index contributed by atoms with van der Waals surface area (Å²) in [5.41, 5.74) is 2.90. The summed E-state index contributed by atoms with van der Waals surface area (Å²) in [6, 6.07) is 17.1. The SMILES string of the molecule is O=S(=O)(Cc1ccccc1)NCc1ccccc1CN1CCC(O)CC1. The first-order valence-electron chi connectivity index (χ1n) is 9.00. The van der Waals surface area contributed by atoms with Gasteiger partial charge >= 0.3 is 0 Å². The average molecular weight is 375 g/mol. The number of rotatable bonds is 7. The van der Waals surface area contributed by atoms with Crippen LogP contribution in [0.1, 0.15) is 29.5 Å². The Morgan fingerprint density at radius 1 is 0.962 bits per heavy atom. The van der Waals surface area contributed by atoms with Crippen LogP contribution in [0.3, 0.4) is 0 Å². The lowest BCUT2D eigenvalue weighted by molar-refractivity contribution is 0.0791. The van der Waals surface area contributed by atoms with Crippen molar-refractivity contribution in [2.45, 2.75) is 37.8 Å². The van der Waals surface area contributed by atoms with E-state index >= 15 is 0 Å². The minimum Gasteiger partial charge on any atom is -0.393 e. The van der Waals surface area contributed by atoms with Crippen molar-refractivity contribution < 1.29 is 13.5 Å². The molecular weight excluding hydrogens is 348 g/mol. The summed E-state index contributed by atoms with van der Waals surface area (Å²) < 4.78 is 27.4. The van der Waals surface area contributed by atoms with Gasteiger partial charge in [0.1, 0.15) is 0 Å². The van der Waals surface area contributed by atoms with E-state index in [9.17, 15) is 13.5 Å². The van der Waals surface area contributed by atoms with Gasteiger partial charge in [-0.25, -0.2) is 13.1 Å². The lowest BCUT2D eigenvalue weighted by Gasteiger charge is -2.30. The second-order valence-electron chi connectivity index (χ2n) is 6.84. The minimum absolute atomic E-state index is 0.0139. The maximum absolute atomic E-state index is 12.4. The molecule has 0 spiro atoms. The van der Waals surface area contributed by atoms with Gasteiger partial charge in [0, 0.05) is 26.2 Å². The molecule has 0 bridgehead atoms. The first-order chi connectivity index (χ1) is 12.5. The summed E-state index contributed by atoms with van der Waals surface area (Å²) in [4.78, 5) is 2.31. The highest BCUT2D eigenvalue weighted by atomic mass is 32.2. The molecule has 1 heterocycles. The number of nitrogens with zero attached hydrogens (tertiary/aromatic N) is 1. The van der Waals surface area contributed by atoms with Crippen molar-refractivity contribution >= 4 is 10.0 Å². The molecule has 1 aliphatic rings. The second kappa shape index (κ2) is 8.77. The molecule has 140 valence electrons. The van der Waals surface area contributed by atoms with E-state index < -0.39 is 10.0 Å². The van der Waals surface area contributed by atoms with Crippen LogP contribution in [0.2, 0.25) is 0 Å².